The molecule has 0 bridgehead atoms. The maximum absolute atomic E-state index is 5.31. The summed E-state index contributed by atoms with van der Waals surface area (Å²) in [6, 6.07) is 12.7. The van der Waals surface area contributed by atoms with Crippen LogP contribution in [-0.4, -0.2) is 11.7 Å². The van der Waals surface area contributed by atoms with Crippen molar-refractivity contribution < 1.29 is 4.74 Å². The smallest absolute Gasteiger partial charge is 0.190 e. The molecule has 126 valence electrons. The number of ether oxygens (including phenoxy) is 1. The van der Waals surface area contributed by atoms with Gasteiger partial charge in [0.25, 0.3) is 0 Å². The van der Waals surface area contributed by atoms with Gasteiger partial charge in [-0.2, -0.15) is 0 Å². The number of methoxy groups -OCH3 is 1. The molecule has 0 amide bonds. The number of hydrogen-bond acceptors (Lipinski definition) is 4. The van der Waals surface area contributed by atoms with Gasteiger partial charge in [-0.1, -0.05) is 26.0 Å². The molecule has 0 aliphatic carbocycles. The zero-order valence-corrected chi connectivity index (χ0v) is 15.9. The van der Waals surface area contributed by atoms with Crippen LogP contribution >= 0.6 is 22.7 Å². The predicted molar refractivity (Wildman–Crippen MR) is 103 cm³/mol. The second-order valence-electron chi connectivity index (χ2n) is 5.53. The fourth-order valence-corrected chi connectivity index (χ4v) is 4.59. The highest BCUT2D eigenvalue weighted by Crippen LogP contribution is 2.30. The quantitative estimate of drug-likeness (QED) is 0.540. The summed E-state index contributed by atoms with van der Waals surface area (Å²) in [5.74, 6) is 0.834. The average molecular weight is 359 g/mol. The van der Waals surface area contributed by atoms with Crippen LogP contribution < -0.4 is 9.54 Å². The molecular formula is C19H22N2OS2. The van der Waals surface area contributed by atoms with Crippen LogP contribution in [-0.2, 0) is 0 Å². The third-order valence-corrected chi connectivity index (χ3v) is 5.83. The third kappa shape index (κ3) is 3.47. The highest BCUT2D eigenvalue weighted by atomic mass is 32.1. The van der Waals surface area contributed by atoms with Crippen molar-refractivity contribution in [2.45, 2.75) is 32.7 Å². The Balaban J connectivity index is 2.15. The van der Waals surface area contributed by atoms with Gasteiger partial charge in [0.2, 0.25) is 0 Å². The van der Waals surface area contributed by atoms with E-state index in [9.17, 15) is 0 Å². The SMILES string of the molecule is CCC(CC)n1c(-c2cccs2)csc1=Nc1cccc(OC)c1. The number of nitrogens with zero attached hydrogens (tertiary/aromatic N) is 2. The Hall–Kier alpha value is -1.85. The number of thiophene rings is 1. The Morgan fingerprint density at radius 3 is 2.62 bits per heavy atom. The minimum Gasteiger partial charge on any atom is -0.497 e. The first-order chi connectivity index (χ1) is 11.8. The zero-order chi connectivity index (χ0) is 16.9. The Labute approximate surface area is 150 Å². The number of benzene rings is 1. The summed E-state index contributed by atoms with van der Waals surface area (Å²) in [6.07, 6.45) is 2.19. The first-order valence-corrected chi connectivity index (χ1v) is 9.95. The lowest BCUT2D eigenvalue weighted by molar-refractivity contribution is 0.415. The van der Waals surface area contributed by atoms with Gasteiger partial charge in [0.15, 0.2) is 4.80 Å². The number of hydrogen-bond donors (Lipinski definition) is 0. The largest absolute Gasteiger partial charge is 0.497 e. The van der Waals surface area contributed by atoms with Gasteiger partial charge in [0, 0.05) is 17.5 Å². The molecule has 0 radical (unpaired) electrons. The van der Waals surface area contributed by atoms with Crippen LogP contribution in [0, 0.1) is 0 Å². The van der Waals surface area contributed by atoms with Gasteiger partial charge in [-0.05, 0) is 36.4 Å². The van der Waals surface area contributed by atoms with Crippen molar-refractivity contribution in [3.63, 3.8) is 0 Å². The van der Waals surface area contributed by atoms with E-state index in [1.54, 1.807) is 29.8 Å². The number of thiazole rings is 1. The lowest BCUT2D eigenvalue weighted by Crippen LogP contribution is -2.20. The molecule has 2 heterocycles. The van der Waals surface area contributed by atoms with Gasteiger partial charge >= 0.3 is 0 Å². The fourth-order valence-electron chi connectivity index (χ4n) is 2.80. The summed E-state index contributed by atoms with van der Waals surface area (Å²) in [6.45, 7) is 4.48. The molecule has 1 aromatic carbocycles. The standard InChI is InChI=1S/C19H22N2OS2/c1-4-15(5-2)21-17(18-10-7-11-23-18)13-24-19(21)20-14-8-6-9-16(12-14)22-3/h6-13,15H,4-5H2,1-3H3. The molecule has 0 atom stereocenters. The molecule has 3 aromatic rings. The summed E-state index contributed by atoms with van der Waals surface area (Å²) < 4.78 is 7.71. The van der Waals surface area contributed by atoms with Crippen molar-refractivity contribution in [2.75, 3.05) is 7.11 Å². The van der Waals surface area contributed by atoms with Gasteiger partial charge in [-0.15, -0.1) is 22.7 Å². The fraction of sp³-hybridized carbons (Fsp3) is 0.316. The molecular weight excluding hydrogens is 336 g/mol. The van der Waals surface area contributed by atoms with Crippen LogP contribution in [0.1, 0.15) is 32.7 Å². The first-order valence-electron chi connectivity index (χ1n) is 8.19. The van der Waals surface area contributed by atoms with E-state index in [1.165, 1.54) is 10.6 Å². The summed E-state index contributed by atoms with van der Waals surface area (Å²) in [4.78, 5) is 7.24. The average Bonchev–Trinajstić information content (AvgIpc) is 3.27. The van der Waals surface area contributed by atoms with Crippen molar-refractivity contribution >= 4 is 28.4 Å². The molecule has 24 heavy (non-hydrogen) atoms. The van der Waals surface area contributed by atoms with E-state index in [2.05, 4.69) is 41.3 Å². The van der Waals surface area contributed by atoms with Crippen molar-refractivity contribution in [1.29, 1.82) is 0 Å². The lowest BCUT2D eigenvalue weighted by Gasteiger charge is -2.17. The first kappa shape index (κ1) is 17.0. The normalized spacial score (nSPS) is 12.1. The van der Waals surface area contributed by atoms with Gasteiger partial charge in [0.05, 0.1) is 23.4 Å². The predicted octanol–water partition coefficient (Wildman–Crippen LogP) is 5.88. The van der Waals surface area contributed by atoms with Crippen molar-refractivity contribution in [1.82, 2.24) is 4.57 Å². The second kappa shape index (κ2) is 7.81. The van der Waals surface area contributed by atoms with E-state index in [0.29, 0.717) is 6.04 Å². The van der Waals surface area contributed by atoms with Gasteiger partial charge in [-0.25, -0.2) is 4.99 Å². The zero-order valence-electron chi connectivity index (χ0n) is 14.2. The molecule has 3 rings (SSSR count). The molecule has 0 saturated heterocycles. The van der Waals surface area contributed by atoms with E-state index in [0.717, 1.165) is 29.1 Å². The van der Waals surface area contributed by atoms with Crippen molar-refractivity contribution in [3.05, 3.63) is 52.0 Å². The molecule has 0 spiro atoms. The van der Waals surface area contributed by atoms with Crippen LogP contribution in [0.4, 0.5) is 5.69 Å². The minimum atomic E-state index is 0.456. The van der Waals surface area contributed by atoms with Crippen LogP contribution in [0.25, 0.3) is 10.6 Å². The molecule has 2 aromatic heterocycles. The summed E-state index contributed by atoms with van der Waals surface area (Å²) >= 11 is 3.48. The molecule has 0 N–H and O–H groups in total. The van der Waals surface area contributed by atoms with E-state index in [-0.39, 0.29) is 0 Å². The van der Waals surface area contributed by atoms with E-state index >= 15 is 0 Å². The maximum atomic E-state index is 5.31. The Bertz CT molecular complexity index is 842. The molecule has 0 aliphatic heterocycles. The monoisotopic (exact) mass is 358 g/mol. The molecule has 0 saturated carbocycles. The van der Waals surface area contributed by atoms with Gasteiger partial charge in [-0.3, -0.25) is 0 Å². The number of rotatable bonds is 6. The van der Waals surface area contributed by atoms with Crippen LogP contribution in [0.3, 0.4) is 0 Å². The Morgan fingerprint density at radius 2 is 1.96 bits per heavy atom. The van der Waals surface area contributed by atoms with Crippen LogP contribution in [0.5, 0.6) is 5.75 Å². The summed E-state index contributed by atoms with van der Waals surface area (Å²) in [7, 11) is 1.68. The van der Waals surface area contributed by atoms with Crippen LogP contribution in [0.2, 0.25) is 0 Å². The van der Waals surface area contributed by atoms with Gasteiger partial charge < -0.3 is 9.30 Å². The molecule has 5 heteroatoms. The highest BCUT2D eigenvalue weighted by Gasteiger charge is 2.15. The van der Waals surface area contributed by atoms with E-state index in [1.807, 2.05) is 24.3 Å². The molecule has 0 aliphatic rings. The van der Waals surface area contributed by atoms with Gasteiger partial charge in [0.1, 0.15) is 5.75 Å². The topological polar surface area (TPSA) is 26.5 Å². The molecule has 3 nitrogen and oxygen atoms in total. The summed E-state index contributed by atoms with van der Waals surface area (Å²) in [5, 5.41) is 4.35. The molecule has 0 fully saturated rings. The molecule has 0 unspecified atom stereocenters. The summed E-state index contributed by atoms with van der Waals surface area (Å²) in [5.41, 5.74) is 2.19. The minimum absolute atomic E-state index is 0.456. The van der Waals surface area contributed by atoms with E-state index < -0.39 is 0 Å². The Kier molecular flexibility index (Phi) is 5.53. The second-order valence-corrected chi connectivity index (χ2v) is 7.32. The maximum Gasteiger partial charge on any atom is 0.190 e. The van der Waals surface area contributed by atoms with Crippen LogP contribution in [0.15, 0.2) is 52.2 Å². The lowest BCUT2D eigenvalue weighted by atomic mass is 10.1. The highest BCUT2D eigenvalue weighted by molar-refractivity contribution is 7.14. The van der Waals surface area contributed by atoms with Crippen molar-refractivity contribution in [3.8, 4) is 16.3 Å². The van der Waals surface area contributed by atoms with Crippen molar-refractivity contribution in [2.24, 2.45) is 4.99 Å². The number of aromatic nitrogens is 1. The third-order valence-electron chi connectivity index (χ3n) is 4.10. The Morgan fingerprint density at radius 1 is 1.12 bits per heavy atom. The van der Waals surface area contributed by atoms with E-state index in [4.69, 9.17) is 9.73 Å².